The molecular weight excluding hydrogens is 286 g/mol. The predicted octanol–water partition coefficient (Wildman–Crippen LogP) is 3.57. The average molecular weight is 304 g/mol. The molecule has 2 aromatic rings. The Labute approximate surface area is 129 Å². The number of rotatable bonds is 3. The number of halogens is 1. The number of aromatic nitrogens is 3. The number of hydrogen-bond acceptors (Lipinski definition) is 5. The zero-order valence-electron chi connectivity index (χ0n) is 12.0. The largest absolute Gasteiger partial charge is 0.355 e. The zero-order chi connectivity index (χ0) is 14.7. The van der Waals surface area contributed by atoms with Crippen LogP contribution in [0.5, 0.6) is 0 Å². The van der Waals surface area contributed by atoms with Crippen LogP contribution in [-0.2, 0) is 0 Å². The molecule has 0 spiro atoms. The first-order valence-electron chi connectivity index (χ1n) is 7.20. The van der Waals surface area contributed by atoms with Gasteiger partial charge in [-0.15, -0.1) is 5.10 Å². The second-order valence-corrected chi connectivity index (χ2v) is 5.68. The van der Waals surface area contributed by atoms with Crippen molar-refractivity contribution in [1.29, 1.82) is 0 Å². The summed E-state index contributed by atoms with van der Waals surface area (Å²) in [7, 11) is 0. The topological polar surface area (TPSA) is 53.9 Å². The van der Waals surface area contributed by atoms with Gasteiger partial charge in [0, 0.05) is 23.8 Å². The highest BCUT2D eigenvalue weighted by atomic mass is 35.5. The third-order valence-corrected chi connectivity index (χ3v) is 4.06. The summed E-state index contributed by atoms with van der Waals surface area (Å²) in [6.45, 7) is 4.05. The molecule has 5 nitrogen and oxygen atoms in total. The Morgan fingerprint density at radius 2 is 2.00 bits per heavy atom. The number of hydrogen-bond donors (Lipinski definition) is 1. The molecule has 0 saturated carbocycles. The van der Waals surface area contributed by atoms with E-state index in [1.54, 1.807) is 6.20 Å². The summed E-state index contributed by atoms with van der Waals surface area (Å²) in [6, 6.07) is 5.79. The van der Waals surface area contributed by atoms with E-state index in [0.29, 0.717) is 5.95 Å². The van der Waals surface area contributed by atoms with Gasteiger partial charge in [0.15, 0.2) is 5.82 Å². The van der Waals surface area contributed by atoms with Crippen molar-refractivity contribution in [1.82, 2.24) is 15.2 Å². The van der Waals surface area contributed by atoms with E-state index in [4.69, 9.17) is 11.6 Å². The van der Waals surface area contributed by atoms with Crippen LogP contribution in [0.25, 0.3) is 0 Å². The van der Waals surface area contributed by atoms with E-state index < -0.39 is 0 Å². The van der Waals surface area contributed by atoms with Gasteiger partial charge in [-0.2, -0.15) is 10.1 Å². The quantitative estimate of drug-likeness (QED) is 0.939. The van der Waals surface area contributed by atoms with Crippen LogP contribution in [0.3, 0.4) is 0 Å². The van der Waals surface area contributed by atoms with Crippen LogP contribution in [0.4, 0.5) is 17.5 Å². The monoisotopic (exact) mass is 303 g/mol. The molecule has 0 bridgehead atoms. The van der Waals surface area contributed by atoms with E-state index in [0.717, 1.165) is 35.2 Å². The zero-order valence-corrected chi connectivity index (χ0v) is 12.8. The number of aryl methyl sites for hydroxylation is 1. The van der Waals surface area contributed by atoms with E-state index in [1.807, 2.05) is 25.1 Å². The highest BCUT2D eigenvalue weighted by Gasteiger charge is 2.13. The Bertz CT molecular complexity index is 625. The molecule has 0 unspecified atom stereocenters. The molecule has 0 amide bonds. The highest BCUT2D eigenvalue weighted by Crippen LogP contribution is 2.23. The molecule has 0 radical (unpaired) electrons. The second kappa shape index (κ2) is 6.26. The fourth-order valence-corrected chi connectivity index (χ4v) is 2.60. The van der Waals surface area contributed by atoms with Crippen LogP contribution in [-0.4, -0.2) is 28.3 Å². The molecule has 3 rings (SSSR count). The number of nitrogens with zero attached hydrogens (tertiary/aromatic N) is 4. The lowest BCUT2D eigenvalue weighted by Crippen LogP contribution is -2.30. The molecule has 1 N–H and O–H groups in total. The number of anilines is 3. The molecule has 1 aliphatic heterocycles. The number of nitrogens with one attached hydrogen (secondary N) is 1. The molecule has 0 aliphatic carbocycles. The summed E-state index contributed by atoms with van der Waals surface area (Å²) < 4.78 is 0. The maximum absolute atomic E-state index is 6.13. The Kier molecular flexibility index (Phi) is 4.20. The van der Waals surface area contributed by atoms with Gasteiger partial charge >= 0.3 is 0 Å². The molecule has 0 atom stereocenters. The first kappa shape index (κ1) is 14.1. The Morgan fingerprint density at radius 1 is 1.19 bits per heavy atom. The highest BCUT2D eigenvalue weighted by molar-refractivity contribution is 6.31. The van der Waals surface area contributed by atoms with Gasteiger partial charge in [-0.3, -0.25) is 0 Å². The summed E-state index contributed by atoms with van der Waals surface area (Å²) in [5, 5.41) is 12.0. The maximum Gasteiger partial charge on any atom is 0.249 e. The van der Waals surface area contributed by atoms with E-state index in [9.17, 15) is 0 Å². The van der Waals surface area contributed by atoms with Gasteiger partial charge in [0.25, 0.3) is 0 Å². The summed E-state index contributed by atoms with van der Waals surface area (Å²) in [6.07, 6.45) is 5.43. The molecule has 1 fully saturated rings. The van der Waals surface area contributed by atoms with E-state index in [-0.39, 0.29) is 0 Å². The van der Waals surface area contributed by atoms with Gasteiger partial charge in [-0.25, -0.2) is 0 Å². The number of piperidine rings is 1. The van der Waals surface area contributed by atoms with Crippen molar-refractivity contribution in [3.63, 3.8) is 0 Å². The Hall–Kier alpha value is -1.88. The fraction of sp³-hybridized carbons (Fsp3) is 0.400. The lowest BCUT2D eigenvalue weighted by atomic mass is 10.1. The number of benzene rings is 1. The third kappa shape index (κ3) is 3.42. The SMILES string of the molecule is Cc1ccc(Nc2nncc(N3CCCCC3)n2)cc1Cl. The minimum atomic E-state index is 0.498. The van der Waals surface area contributed by atoms with Crippen molar-refractivity contribution in [2.75, 3.05) is 23.3 Å². The van der Waals surface area contributed by atoms with Crippen molar-refractivity contribution in [3.05, 3.63) is 35.0 Å². The first-order valence-corrected chi connectivity index (χ1v) is 7.58. The standard InChI is InChI=1S/C15H18ClN5/c1-11-5-6-12(9-13(11)16)18-15-19-14(10-17-20-15)21-7-3-2-4-8-21/h5-6,9-10H,2-4,7-8H2,1H3,(H,18,19,20). The molecule has 6 heteroatoms. The minimum Gasteiger partial charge on any atom is -0.355 e. The van der Waals surface area contributed by atoms with Gasteiger partial charge in [0.05, 0.1) is 6.20 Å². The smallest absolute Gasteiger partial charge is 0.249 e. The summed E-state index contributed by atoms with van der Waals surface area (Å²) in [5.41, 5.74) is 1.91. The second-order valence-electron chi connectivity index (χ2n) is 5.27. The molecule has 1 aromatic heterocycles. The van der Waals surface area contributed by atoms with Gasteiger partial charge in [-0.05, 0) is 43.9 Å². The molecule has 21 heavy (non-hydrogen) atoms. The normalized spacial score (nSPS) is 15.0. The predicted molar refractivity (Wildman–Crippen MR) is 85.4 cm³/mol. The molecule has 1 aliphatic rings. The molecule has 110 valence electrons. The molecule has 1 aromatic carbocycles. The van der Waals surface area contributed by atoms with Crippen LogP contribution in [0.2, 0.25) is 5.02 Å². The average Bonchev–Trinajstić information content (AvgIpc) is 2.52. The van der Waals surface area contributed by atoms with Gasteiger partial charge in [-0.1, -0.05) is 17.7 Å². The van der Waals surface area contributed by atoms with Crippen molar-refractivity contribution in [3.8, 4) is 0 Å². The Balaban J connectivity index is 1.77. The summed E-state index contributed by atoms with van der Waals surface area (Å²) in [4.78, 5) is 6.80. The van der Waals surface area contributed by atoms with Crippen molar-refractivity contribution in [2.45, 2.75) is 26.2 Å². The molecule has 1 saturated heterocycles. The van der Waals surface area contributed by atoms with Crippen LogP contribution in [0.1, 0.15) is 24.8 Å². The molecular formula is C15H18ClN5. The minimum absolute atomic E-state index is 0.498. The maximum atomic E-state index is 6.13. The van der Waals surface area contributed by atoms with Crippen molar-refractivity contribution >= 4 is 29.1 Å². The van der Waals surface area contributed by atoms with E-state index in [2.05, 4.69) is 25.4 Å². The summed E-state index contributed by atoms with van der Waals surface area (Å²) >= 11 is 6.13. The van der Waals surface area contributed by atoms with Gasteiger partial charge in [0.1, 0.15) is 0 Å². The molecule has 2 heterocycles. The first-order chi connectivity index (χ1) is 10.2. The van der Waals surface area contributed by atoms with Gasteiger partial charge < -0.3 is 10.2 Å². The van der Waals surface area contributed by atoms with Crippen LogP contribution in [0, 0.1) is 6.92 Å². The fourth-order valence-electron chi connectivity index (χ4n) is 2.42. The summed E-state index contributed by atoms with van der Waals surface area (Å²) in [5.74, 6) is 1.38. The van der Waals surface area contributed by atoms with Crippen LogP contribution in [0.15, 0.2) is 24.4 Å². The van der Waals surface area contributed by atoms with Crippen molar-refractivity contribution < 1.29 is 0 Å². The van der Waals surface area contributed by atoms with Gasteiger partial charge in [0.2, 0.25) is 5.95 Å². The third-order valence-electron chi connectivity index (χ3n) is 3.65. The van der Waals surface area contributed by atoms with Crippen LogP contribution >= 0.6 is 11.6 Å². The van der Waals surface area contributed by atoms with E-state index >= 15 is 0 Å². The van der Waals surface area contributed by atoms with E-state index in [1.165, 1.54) is 19.3 Å². The Morgan fingerprint density at radius 3 is 2.76 bits per heavy atom. The van der Waals surface area contributed by atoms with Crippen molar-refractivity contribution in [2.24, 2.45) is 0 Å². The van der Waals surface area contributed by atoms with Crippen LogP contribution < -0.4 is 10.2 Å². The lowest BCUT2D eigenvalue weighted by molar-refractivity contribution is 0.572. The lowest BCUT2D eigenvalue weighted by Gasteiger charge is -2.27.